The van der Waals surface area contributed by atoms with E-state index in [2.05, 4.69) is 12.2 Å². The molecule has 1 aliphatic carbocycles. The summed E-state index contributed by atoms with van der Waals surface area (Å²) in [6, 6.07) is 0. The minimum absolute atomic E-state index is 0.263. The lowest BCUT2D eigenvalue weighted by Crippen LogP contribution is -2.53. The van der Waals surface area contributed by atoms with Crippen LogP contribution in [0.2, 0.25) is 0 Å². The van der Waals surface area contributed by atoms with E-state index >= 15 is 0 Å². The van der Waals surface area contributed by atoms with E-state index in [9.17, 15) is 4.79 Å². The van der Waals surface area contributed by atoms with Crippen LogP contribution < -0.4 is 11.1 Å². The largest absolute Gasteiger partial charge is 0.378 e. The van der Waals surface area contributed by atoms with E-state index in [1.807, 2.05) is 13.8 Å². The molecule has 1 aliphatic rings. The van der Waals surface area contributed by atoms with Crippen LogP contribution in [0.4, 0.5) is 0 Å². The summed E-state index contributed by atoms with van der Waals surface area (Å²) in [6.45, 7) is 7.76. The molecule has 0 bridgehead atoms. The van der Waals surface area contributed by atoms with Gasteiger partial charge in [0.05, 0.1) is 11.6 Å². The Labute approximate surface area is 123 Å². The van der Waals surface area contributed by atoms with Crippen LogP contribution in [0, 0.1) is 5.92 Å². The second-order valence-corrected chi connectivity index (χ2v) is 6.45. The second-order valence-electron chi connectivity index (χ2n) is 6.45. The molecular formula is C16H32N2O2. The van der Waals surface area contributed by atoms with Gasteiger partial charge in [0, 0.05) is 6.61 Å². The average molecular weight is 284 g/mol. The lowest BCUT2D eigenvalue weighted by atomic mass is 9.89. The highest BCUT2D eigenvalue weighted by atomic mass is 16.5. The lowest BCUT2D eigenvalue weighted by molar-refractivity contribution is -0.124. The molecule has 3 unspecified atom stereocenters. The number of carbonyl (C=O) groups excluding carboxylic acids is 1. The molecule has 118 valence electrons. The third kappa shape index (κ3) is 5.80. The maximum Gasteiger partial charge on any atom is 0.237 e. The van der Waals surface area contributed by atoms with Gasteiger partial charge in [0.1, 0.15) is 0 Å². The van der Waals surface area contributed by atoms with E-state index in [4.69, 9.17) is 10.5 Å². The Balaban J connectivity index is 2.15. The minimum atomic E-state index is -0.575. The summed E-state index contributed by atoms with van der Waals surface area (Å²) in [6.07, 6.45) is 8.26. The Morgan fingerprint density at radius 1 is 1.40 bits per heavy atom. The minimum Gasteiger partial charge on any atom is -0.378 e. The van der Waals surface area contributed by atoms with Crippen LogP contribution in [0.5, 0.6) is 0 Å². The van der Waals surface area contributed by atoms with E-state index in [0.717, 1.165) is 38.3 Å². The Hall–Kier alpha value is -0.610. The summed E-state index contributed by atoms with van der Waals surface area (Å²) < 4.78 is 5.95. The summed E-state index contributed by atoms with van der Waals surface area (Å²) in [5.74, 6) is 0.544. The van der Waals surface area contributed by atoms with Gasteiger partial charge in [0.2, 0.25) is 5.91 Å². The van der Waals surface area contributed by atoms with Crippen molar-refractivity contribution in [1.29, 1.82) is 0 Å². The molecule has 0 spiro atoms. The van der Waals surface area contributed by atoms with Crippen molar-refractivity contribution >= 4 is 5.91 Å². The molecule has 0 aliphatic heterocycles. The number of rotatable bonds is 9. The number of hydrogen-bond acceptors (Lipinski definition) is 3. The van der Waals surface area contributed by atoms with Crippen LogP contribution in [0.25, 0.3) is 0 Å². The number of hydrogen-bond donors (Lipinski definition) is 2. The van der Waals surface area contributed by atoms with Gasteiger partial charge in [-0.3, -0.25) is 4.79 Å². The average Bonchev–Trinajstić information content (AvgIpc) is 2.38. The Morgan fingerprint density at radius 3 is 2.75 bits per heavy atom. The van der Waals surface area contributed by atoms with Crippen LogP contribution in [0.3, 0.4) is 0 Å². The molecule has 0 heterocycles. The molecule has 0 aromatic carbocycles. The zero-order chi connectivity index (χ0) is 15.0. The van der Waals surface area contributed by atoms with Gasteiger partial charge in [-0.1, -0.05) is 26.7 Å². The maximum absolute atomic E-state index is 11.5. The number of nitrogens with two attached hydrogens (primary N) is 1. The number of unbranched alkanes of at least 4 members (excludes halogenated alkanes) is 1. The number of ether oxygens (including phenoxy) is 1. The third-order valence-electron chi connectivity index (χ3n) is 4.42. The van der Waals surface area contributed by atoms with Crippen molar-refractivity contribution in [2.45, 2.75) is 77.4 Å². The molecule has 0 radical (unpaired) electrons. The maximum atomic E-state index is 11.5. The SMILES string of the molecule is CCNC(C)(CCCCOC1CCCC(C)C1)C(N)=O. The van der Waals surface area contributed by atoms with Gasteiger partial charge in [0.25, 0.3) is 0 Å². The van der Waals surface area contributed by atoms with E-state index in [1.54, 1.807) is 0 Å². The second kappa shape index (κ2) is 8.63. The summed E-state index contributed by atoms with van der Waals surface area (Å²) in [4.78, 5) is 11.5. The molecule has 4 heteroatoms. The normalized spacial score (nSPS) is 26.1. The smallest absolute Gasteiger partial charge is 0.237 e. The van der Waals surface area contributed by atoms with Crippen molar-refractivity contribution in [2.24, 2.45) is 11.7 Å². The fourth-order valence-electron chi connectivity index (χ4n) is 3.05. The molecule has 4 nitrogen and oxygen atoms in total. The van der Waals surface area contributed by atoms with Gasteiger partial charge < -0.3 is 15.8 Å². The van der Waals surface area contributed by atoms with E-state index in [-0.39, 0.29) is 5.91 Å². The number of amides is 1. The van der Waals surface area contributed by atoms with Crippen molar-refractivity contribution in [3.8, 4) is 0 Å². The first-order valence-corrected chi connectivity index (χ1v) is 8.14. The van der Waals surface area contributed by atoms with Gasteiger partial charge >= 0.3 is 0 Å². The quantitative estimate of drug-likeness (QED) is 0.640. The number of primary amides is 1. The first-order valence-electron chi connectivity index (χ1n) is 8.14. The number of carbonyl (C=O) groups is 1. The Bertz CT molecular complexity index is 296. The fourth-order valence-corrected chi connectivity index (χ4v) is 3.05. The zero-order valence-corrected chi connectivity index (χ0v) is 13.4. The molecule has 3 atom stereocenters. The van der Waals surface area contributed by atoms with Crippen molar-refractivity contribution < 1.29 is 9.53 Å². The molecule has 1 rings (SSSR count). The first-order chi connectivity index (χ1) is 9.48. The molecule has 20 heavy (non-hydrogen) atoms. The third-order valence-corrected chi connectivity index (χ3v) is 4.42. The van der Waals surface area contributed by atoms with Crippen molar-refractivity contribution in [3.05, 3.63) is 0 Å². The highest BCUT2D eigenvalue weighted by Gasteiger charge is 2.29. The van der Waals surface area contributed by atoms with Gasteiger partial charge in [-0.25, -0.2) is 0 Å². The van der Waals surface area contributed by atoms with Crippen LogP contribution in [-0.4, -0.2) is 30.7 Å². The van der Waals surface area contributed by atoms with Gasteiger partial charge in [0.15, 0.2) is 0 Å². The van der Waals surface area contributed by atoms with E-state index < -0.39 is 5.54 Å². The molecule has 1 amide bonds. The molecule has 0 aromatic rings. The highest BCUT2D eigenvalue weighted by molar-refractivity contribution is 5.84. The fraction of sp³-hybridized carbons (Fsp3) is 0.938. The summed E-state index contributed by atoms with van der Waals surface area (Å²) in [7, 11) is 0. The van der Waals surface area contributed by atoms with Crippen LogP contribution in [0.15, 0.2) is 0 Å². The molecule has 1 fully saturated rings. The van der Waals surface area contributed by atoms with Gasteiger partial charge in [-0.05, 0) is 51.5 Å². The van der Waals surface area contributed by atoms with Crippen molar-refractivity contribution in [2.75, 3.05) is 13.2 Å². The van der Waals surface area contributed by atoms with Crippen LogP contribution in [-0.2, 0) is 9.53 Å². The molecule has 0 saturated heterocycles. The number of likely N-dealkylation sites (N-methyl/N-ethyl adjacent to an activating group) is 1. The predicted molar refractivity (Wildman–Crippen MR) is 82.5 cm³/mol. The number of nitrogens with one attached hydrogen (secondary N) is 1. The molecule has 0 aromatic heterocycles. The van der Waals surface area contributed by atoms with Crippen molar-refractivity contribution in [3.63, 3.8) is 0 Å². The van der Waals surface area contributed by atoms with E-state index in [1.165, 1.54) is 25.7 Å². The van der Waals surface area contributed by atoms with Crippen molar-refractivity contribution in [1.82, 2.24) is 5.32 Å². The van der Waals surface area contributed by atoms with E-state index in [0.29, 0.717) is 6.10 Å². The summed E-state index contributed by atoms with van der Waals surface area (Å²) in [5.41, 5.74) is 4.90. The lowest BCUT2D eigenvalue weighted by Gasteiger charge is -2.28. The van der Waals surface area contributed by atoms with Crippen LogP contribution >= 0.6 is 0 Å². The monoisotopic (exact) mass is 284 g/mol. The predicted octanol–water partition coefficient (Wildman–Crippen LogP) is 2.61. The van der Waals surface area contributed by atoms with Gasteiger partial charge in [-0.15, -0.1) is 0 Å². The molecular weight excluding hydrogens is 252 g/mol. The topological polar surface area (TPSA) is 64.3 Å². The first kappa shape index (κ1) is 17.4. The Morgan fingerprint density at radius 2 is 2.15 bits per heavy atom. The zero-order valence-electron chi connectivity index (χ0n) is 13.4. The molecule has 1 saturated carbocycles. The standard InChI is InChI=1S/C16H32N2O2/c1-4-18-16(3,15(17)19)10-5-6-11-20-14-9-7-8-13(2)12-14/h13-14,18H,4-12H2,1-3H3,(H2,17,19). The van der Waals surface area contributed by atoms with Gasteiger partial charge in [-0.2, -0.15) is 0 Å². The molecule has 3 N–H and O–H groups in total. The summed E-state index contributed by atoms with van der Waals surface area (Å²) in [5, 5.41) is 3.19. The summed E-state index contributed by atoms with van der Waals surface area (Å²) >= 11 is 0. The Kier molecular flexibility index (Phi) is 7.52. The highest BCUT2D eigenvalue weighted by Crippen LogP contribution is 2.26. The van der Waals surface area contributed by atoms with Crippen LogP contribution in [0.1, 0.15) is 65.7 Å².